The maximum Gasteiger partial charge on any atom is 0.329 e. The number of hydrogen-bond acceptors (Lipinski definition) is 3. The van der Waals surface area contributed by atoms with Crippen LogP contribution in [0.3, 0.4) is 0 Å². The van der Waals surface area contributed by atoms with E-state index in [2.05, 4.69) is 5.10 Å². The van der Waals surface area contributed by atoms with Gasteiger partial charge in [0, 0.05) is 6.07 Å². The molecular weight excluding hydrogens is 292 g/mol. The van der Waals surface area contributed by atoms with Gasteiger partial charge in [0.05, 0.1) is 4.92 Å². The highest BCUT2D eigenvalue weighted by atomic mass is 35.5. The Hall–Kier alpha value is -2.02. The first-order valence-corrected chi connectivity index (χ1v) is 6.20. The minimum absolute atomic E-state index is 0.137. The third kappa shape index (κ3) is 2.49. The predicted molar refractivity (Wildman–Crippen MR) is 69.1 cm³/mol. The van der Waals surface area contributed by atoms with Crippen LogP contribution in [-0.4, -0.2) is 14.7 Å². The molecule has 2 rings (SSSR count). The Kier molecular flexibility index (Phi) is 3.99. The molecule has 8 heteroatoms. The van der Waals surface area contributed by atoms with Gasteiger partial charge in [0.2, 0.25) is 5.15 Å². The van der Waals surface area contributed by atoms with Crippen molar-refractivity contribution < 1.29 is 13.7 Å². The summed E-state index contributed by atoms with van der Waals surface area (Å²) in [6.07, 6.45) is 0.964. The highest BCUT2D eigenvalue weighted by Gasteiger charge is 2.27. The minimum Gasteiger partial charge on any atom is -0.258 e. The second kappa shape index (κ2) is 5.54. The van der Waals surface area contributed by atoms with Gasteiger partial charge in [-0.2, -0.15) is 5.10 Å². The molecule has 0 unspecified atom stereocenters. The summed E-state index contributed by atoms with van der Waals surface area (Å²) < 4.78 is 27.5. The number of benzene rings is 1. The molecule has 0 bridgehead atoms. The monoisotopic (exact) mass is 301 g/mol. The first-order valence-electron chi connectivity index (χ1n) is 5.83. The number of hydrogen-bond donors (Lipinski definition) is 0. The molecule has 0 saturated heterocycles. The van der Waals surface area contributed by atoms with Crippen LogP contribution in [0, 0.1) is 21.7 Å². The van der Waals surface area contributed by atoms with Crippen molar-refractivity contribution in [1.82, 2.24) is 9.78 Å². The Morgan fingerprint density at radius 1 is 1.45 bits per heavy atom. The van der Waals surface area contributed by atoms with Gasteiger partial charge in [0.25, 0.3) is 0 Å². The van der Waals surface area contributed by atoms with E-state index in [4.69, 9.17) is 11.6 Å². The van der Waals surface area contributed by atoms with E-state index in [1.807, 2.05) is 6.92 Å². The van der Waals surface area contributed by atoms with Crippen molar-refractivity contribution in [3.63, 3.8) is 0 Å². The first kappa shape index (κ1) is 14.4. The Morgan fingerprint density at radius 2 is 2.15 bits per heavy atom. The highest BCUT2D eigenvalue weighted by molar-refractivity contribution is 6.32. The fraction of sp³-hybridized carbons (Fsp3) is 0.250. The summed E-state index contributed by atoms with van der Waals surface area (Å²) >= 11 is 5.90. The zero-order chi connectivity index (χ0) is 14.9. The van der Waals surface area contributed by atoms with Gasteiger partial charge in [0.1, 0.15) is 17.2 Å². The number of rotatable bonds is 4. The summed E-state index contributed by atoms with van der Waals surface area (Å²) in [5.41, 5.74) is -0.315. The van der Waals surface area contributed by atoms with Crippen LogP contribution >= 0.6 is 11.6 Å². The van der Waals surface area contributed by atoms with Gasteiger partial charge in [-0.15, -0.1) is 0 Å². The molecule has 20 heavy (non-hydrogen) atoms. The van der Waals surface area contributed by atoms with Crippen LogP contribution in [0.5, 0.6) is 0 Å². The van der Waals surface area contributed by atoms with E-state index in [1.54, 1.807) is 0 Å². The quantitative estimate of drug-likeness (QED) is 0.639. The molecular formula is C12H10ClF2N3O2. The van der Waals surface area contributed by atoms with Crippen LogP contribution in [0.1, 0.15) is 19.0 Å². The van der Waals surface area contributed by atoms with Crippen molar-refractivity contribution in [2.24, 2.45) is 0 Å². The third-order valence-corrected chi connectivity index (χ3v) is 3.02. The maximum absolute atomic E-state index is 13.7. The zero-order valence-electron chi connectivity index (χ0n) is 10.4. The van der Waals surface area contributed by atoms with Gasteiger partial charge >= 0.3 is 5.69 Å². The average Bonchev–Trinajstić information content (AvgIpc) is 2.67. The Bertz CT molecular complexity index is 673. The minimum atomic E-state index is -0.896. The van der Waals surface area contributed by atoms with Gasteiger partial charge in [-0.3, -0.25) is 10.1 Å². The second-order valence-corrected chi connectivity index (χ2v) is 4.46. The summed E-state index contributed by atoms with van der Waals surface area (Å²) in [5.74, 6) is -1.65. The number of aryl methyl sites for hydroxylation is 1. The van der Waals surface area contributed by atoms with Crippen LogP contribution < -0.4 is 0 Å². The van der Waals surface area contributed by atoms with Gasteiger partial charge in [-0.05, 0) is 18.6 Å². The van der Waals surface area contributed by atoms with Crippen molar-refractivity contribution in [2.45, 2.75) is 19.8 Å². The summed E-state index contributed by atoms with van der Waals surface area (Å²) in [6, 6.07) is 2.82. The van der Waals surface area contributed by atoms with E-state index in [9.17, 15) is 18.9 Å². The van der Waals surface area contributed by atoms with E-state index in [1.165, 1.54) is 0 Å². The van der Waals surface area contributed by atoms with Crippen LogP contribution in [0.25, 0.3) is 5.69 Å². The molecule has 2 aromatic rings. The van der Waals surface area contributed by atoms with Gasteiger partial charge in [-0.1, -0.05) is 24.9 Å². The van der Waals surface area contributed by atoms with E-state index in [0.717, 1.165) is 16.8 Å². The van der Waals surface area contributed by atoms with Crippen LogP contribution in [0.2, 0.25) is 5.15 Å². The molecule has 0 aliphatic rings. The molecule has 1 aromatic carbocycles. The smallest absolute Gasteiger partial charge is 0.258 e. The normalized spacial score (nSPS) is 10.8. The maximum atomic E-state index is 13.7. The number of nitrogens with zero attached hydrogens (tertiary/aromatic N) is 3. The SMILES string of the molecule is CCCc1nn(-c2ccc(F)cc2F)c(Cl)c1[N+](=O)[O-]. The molecule has 0 spiro atoms. The molecule has 0 saturated carbocycles. The van der Waals surface area contributed by atoms with Gasteiger partial charge in [0.15, 0.2) is 5.82 Å². The zero-order valence-corrected chi connectivity index (χ0v) is 11.2. The van der Waals surface area contributed by atoms with E-state index in [-0.39, 0.29) is 22.2 Å². The molecule has 106 valence electrons. The summed E-state index contributed by atoms with van der Waals surface area (Å²) in [4.78, 5) is 10.4. The lowest BCUT2D eigenvalue weighted by Gasteiger charge is -2.03. The van der Waals surface area contributed by atoms with E-state index in [0.29, 0.717) is 18.9 Å². The Morgan fingerprint density at radius 3 is 2.70 bits per heavy atom. The standard InChI is InChI=1S/C12H10ClF2N3O2/c1-2-3-9-11(18(19)20)12(13)17(16-9)10-5-4-7(14)6-8(10)15/h4-6H,2-3H2,1H3. The lowest BCUT2D eigenvalue weighted by Crippen LogP contribution is -2.01. The lowest BCUT2D eigenvalue weighted by molar-refractivity contribution is -0.385. The Balaban J connectivity index is 2.63. The lowest BCUT2D eigenvalue weighted by atomic mass is 10.2. The first-order chi connectivity index (χ1) is 9.45. The fourth-order valence-electron chi connectivity index (χ4n) is 1.83. The fourth-order valence-corrected chi connectivity index (χ4v) is 2.14. The third-order valence-electron chi connectivity index (χ3n) is 2.68. The second-order valence-electron chi connectivity index (χ2n) is 4.10. The molecule has 0 amide bonds. The largest absolute Gasteiger partial charge is 0.329 e. The molecule has 1 aromatic heterocycles. The van der Waals surface area contributed by atoms with Crippen LogP contribution in [-0.2, 0) is 6.42 Å². The summed E-state index contributed by atoms with van der Waals surface area (Å²) in [6.45, 7) is 1.83. The number of aromatic nitrogens is 2. The topological polar surface area (TPSA) is 61.0 Å². The molecule has 0 aliphatic heterocycles. The predicted octanol–water partition coefficient (Wildman–Crippen LogP) is 3.66. The van der Waals surface area contributed by atoms with Crippen molar-refractivity contribution in [1.29, 1.82) is 0 Å². The van der Waals surface area contributed by atoms with E-state index < -0.39 is 16.6 Å². The molecule has 0 radical (unpaired) electrons. The highest BCUT2D eigenvalue weighted by Crippen LogP contribution is 2.32. The van der Waals surface area contributed by atoms with Crippen LogP contribution in [0.15, 0.2) is 18.2 Å². The van der Waals surface area contributed by atoms with Crippen LogP contribution in [0.4, 0.5) is 14.5 Å². The molecule has 0 N–H and O–H groups in total. The van der Waals surface area contributed by atoms with Crippen molar-refractivity contribution in [2.75, 3.05) is 0 Å². The average molecular weight is 302 g/mol. The van der Waals surface area contributed by atoms with Crippen molar-refractivity contribution >= 4 is 17.3 Å². The Labute approximate surface area is 117 Å². The number of nitro groups is 1. The summed E-state index contributed by atoms with van der Waals surface area (Å²) in [5, 5.41) is 14.7. The van der Waals surface area contributed by atoms with Crippen molar-refractivity contribution in [3.05, 3.63) is 50.8 Å². The molecule has 1 heterocycles. The van der Waals surface area contributed by atoms with Crippen molar-refractivity contribution in [3.8, 4) is 5.69 Å². The summed E-state index contributed by atoms with van der Waals surface area (Å²) in [7, 11) is 0. The van der Waals surface area contributed by atoms with Gasteiger partial charge < -0.3 is 0 Å². The molecule has 0 fully saturated rings. The van der Waals surface area contributed by atoms with Gasteiger partial charge in [-0.25, -0.2) is 13.5 Å². The molecule has 0 aliphatic carbocycles. The van der Waals surface area contributed by atoms with E-state index >= 15 is 0 Å². The molecule has 0 atom stereocenters. The molecule has 5 nitrogen and oxygen atoms in total. The number of halogens is 3.